The van der Waals surface area contributed by atoms with E-state index in [1.165, 1.54) is 36.1 Å². The largest absolute Gasteiger partial charge is 0.504 e. The van der Waals surface area contributed by atoms with Crippen molar-refractivity contribution in [3.05, 3.63) is 53.7 Å². The number of carbonyl (C=O) groups excluding carboxylic acids is 2. The van der Waals surface area contributed by atoms with Crippen LogP contribution in [0.2, 0.25) is 0 Å². The highest BCUT2D eigenvalue weighted by molar-refractivity contribution is 6.09. The van der Waals surface area contributed by atoms with E-state index >= 15 is 0 Å². The van der Waals surface area contributed by atoms with Crippen molar-refractivity contribution in [1.29, 1.82) is 0 Å². The van der Waals surface area contributed by atoms with Gasteiger partial charge >= 0.3 is 0 Å². The van der Waals surface area contributed by atoms with Crippen molar-refractivity contribution in [2.75, 3.05) is 7.11 Å². The third-order valence-electron chi connectivity index (χ3n) is 5.51. The molecule has 4 aromatic rings. The number of phenols is 6. The highest BCUT2D eigenvalue weighted by atomic mass is 16.5. The van der Waals surface area contributed by atoms with Gasteiger partial charge in [0.25, 0.3) is 0 Å². The Labute approximate surface area is 191 Å². The molecule has 3 aromatic carbocycles. The fraction of sp³-hybridized carbons (Fsp3) is 0.0833. The first kappa shape index (κ1) is 22.3. The average molecular weight is 465 g/mol. The second-order valence-electron chi connectivity index (χ2n) is 7.48. The lowest BCUT2D eigenvalue weighted by atomic mass is 9.99. The van der Waals surface area contributed by atoms with Gasteiger partial charge in [-0.25, -0.2) is 0 Å². The van der Waals surface area contributed by atoms with Crippen LogP contribution in [-0.2, 0) is 6.54 Å². The molecule has 0 atom stereocenters. The van der Waals surface area contributed by atoms with Crippen molar-refractivity contribution in [1.82, 2.24) is 4.57 Å². The van der Waals surface area contributed by atoms with Crippen LogP contribution in [0.25, 0.3) is 22.0 Å². The van der Waals surface area contributed by atoms with Gasteiger partial charge in [-0.15, -0.1) is 0 Å². The minimum atomic E-state index is -0.835. The number of phenolic OH excluding ortho intramolecular Hbond substituents is 6. The second-order valence-corrected chi connectivity index (χ2v) is 7.48. The summed E-state index contributed by atoms with van der Waals surface area (Å²) in [7, 11) is 1.40. The number of rotatable bonds is 6. The molecule has 174 valence electrons. The van der Waals surface area contributed by atoms with Gasteiger partial charge in [-0.2, -0.15) is 0 Å². The first-order valence-electron chi connectivity index (χ1n) is 9.85. The van der Waals surface area contributed by atoms with Gasteiger partial charge in [0.1, 0.15) is 5.75 Å². The van der Waals surface area contributed by atoms with E-state index in [0.29, 0.717) is 22.9 Å². The summed E-state index contributed by atoms with van der Waals surface area (Å²) in [6, 6.07) is 7.75. The number of Topliss-reactive ketones (excluding diaryl/α,β-unsaturated/α-hetero) is 1. The fourth-order valence-corrected chi connectivity index (χ4v) is 3.80. The van der Waals surface area contributed by atoms with E-state index < -0.39 is 40.3 Å². The quantitative estimate of drug-likeness (QED) is 0.142. The summed E-state index contributed by atoms with van der Waals surface area (Å²) in [5, 5.41) is 59.8. The molecule has 34 heavy (non-hydrogen) atoms. The Hall–Kier alpha value is -4.86. The standard InChI is InChI=1S/C24H19NO9/c1-34-12-6-11(10-26)20-15(13-2-4-17(27)23(32)21(13)30)8-25(16(20)7-12)9-19(29)14-3-5-18(28)24(33)22(14)31/h2-8,10,27-28,30-33H,9H2,1H3. The smallest absolute Gasteiger partial charge is 0.201 e. The zero-order valence-electron chi connectivity index (χ0n) is 17.7. The van der Waals surface area contributed by atoms with Gasteiger partial charge in [0.15, 0.2) is 35.1 Å². The van der Waals surface area contributed by atoms with E-state index in [1.54, 1.807) is 6.07 Å². The van der Waals surface area contributed by atoms with Crippen LogP contribution in [0.5, 0.6) is 40.2 Å². The van der Waals surface area contributed by atoms with Gasteiger partial charge in [-0.3, -0.25) is 9.59 Å². The molecule has 1 aromatic heterocycles. The van der Waals surface area contributed by atoms with E-state index in [2.05, 4.69) is 0 Å². The third kappa shape index (κ3) is 3.47. The van der Waals surface area contributed by atoms with Gasteiger partial charge in [-0.1, -0.05) is 0 Å². The number of carbonyl (C=O) groups is 2. The van der Waals surface area contributed by atoms with Crippen LogP contribution in [0.3, 0.4) is 0 Å². The Bertz CT molecular complexity index is 1470. The number of nitrogens with zero attached hydrogens (tertiary/aromatic N) is 1. The number of aromatic hydroxyl groups is 6. The van der Waals surface area contributed by atoms with Gasteiger partial charge in [-0.05, 0) is 30.3 Å². The molecule has 0 aliphatic rings. The minimum absolute atomic E-state index is 0.0879. The molecule has 0 saturated carbocycles. The SMILES string of the molecule is COc1cc(C=O)c2c(-c3ccc(O)c(O)c3O)cn(CC(=O)c3ccc(O)c(O)c3O)c2c1. The Morgan fingerprint density at radius 1 is 0.882 bits per heavy atom. The maximum absolute atomic E-state index is 13.0. The second kappa shape index (κ2) is 8.24. The topological polar surface area (TPSA) is 170 Å². The molecule has 0 aliphatic carbocycles. The molecular formula is C24H19NO9. The summed E-state index contributed by atoms with van der Waals surface area (Å²) >= 11 is 0. The van der Waals surface area contributed by atoms with E-state index in [0.717, 1.165) is 12.1 Å². The Kier molecular flexibility index (Phi) is 5.42. The molecule has 0 unspecified atom stereocenters. The minimum Gasteiger partial charge on any atom is -0.504 e. The molecule has 0 bridgehead atoms. The zero-order chi connectivity index (χ0) is 24.7. The Morgan fingerprint density at radius 3 is 2.18 bits per heavy atom. The molecule has 10 nitrogen and oxygen atoms in total. The van der Waals surface area contributed by atoms with Crippen molar-refractivity contribution >= 4 is 23.0 Å². The molecular weight excluding hydrogens is 446 g/mol. The van der Waals surface area contributed by atoms with Crippen LogP contribution in [0.4, 0.5) is 0 Å². The van der Waals surface area contributed by atoms with Crippen LogP contribution in [0.15, 0.2) is 42.6 Å². The number of aromatic nitrogens is 1. The van der Waals surface area contributed by atoms with Crippen molar-refractivity contribution in [3.8, 4) is 51.4 Å². The average Bonchev–Trinajstić information content (AvgIpc) is 3.18. The van der Waals surface area contributed by atoms with Gasteiger partial charge in [0, 0.05) is 34.3 Å². The van der Waals surface area contributed by atoms with E-state index in [9.17, 15) is 40.2 Å². The monoisotopic (exact) mass is 465 g/mol. The Balaban J connectivity index is 1.95. The number of ketones is 1. The molecule has 6 N–H and O–H groups in total. The highest BCUT2D eigenvalue weighted by Crippen LogP contribution is 2.46. The van der Waals surface area contributed by atoms with Gasteiger partial charge in [0.05, 0.1) is 24.7 Å². The van der Waals surface area contributed by atoms with Crippen molar-refractivity contribution in [2.45, 2.75) is 6.54 Å². The van der Waals surface area contributed by atoms with Crippen LogP contribution in [0.1, 0.15) is 20.7 Å². The lowest BCUT2D eigenvalue weighted by Crippen LogP contribution is -2.10. The molecule has 4 rings (SSSR count). The number of methoxy groups -OCH3 is 1. The lowest BCUT2D eigenvalue weighted by molar-refractivity contribution is 0.0970. The molecule has 0 aliphatic heterocycles. The number of aldehydes is 1. The van der Waals surface area contributed by atoms with Crippen LogP contribution in [0, 0.1) is 0 Å². The molecule has 0 fully saturated rings. The molecule has 1 heterocycles. The third-order valence-corrected chi connectivity index (χ3v) is 5.51. The number of hydrogen-bond acceptors (Lipinski definition) is 9. The number of fused-ring (bicyclic) bond motifs is 1. The Morgan fingerprint density at radius 2 is 1.53 bits per heavy atom. The summed E-state index contributed by atoms with van der Waals surface area (Å²) in [6.45, 7) is -0.370. The predicted molar refractivity (Wildman–Crippen MR) is 120 cm³/mol. The van der Waals surface area contributed by atoms with Crippen LogP contribution >= 0.6 is 0 Å². The maximum Gasteiger partial charge on any atom is 0.201 e. The first-order chi connectivity index (χ1) is 16.2. The summed E-state index contributed by atoms with van der Waals surface area (Å²) < 4.78 is 6.69. The molecule has 0 spiro atoms. The van der Waals surface area contributed by atoms with Crippen molar-refractivity contribution in [2.24, 2.45) is 0 Å². The maximum atomic E-state index is 13.0. The van der Waals surface area contributed by atoms with Crippen molar-refractivity contribution in [3.63, 3.8) is 0 Å². The summed E-state index contributed by atoms with van der Waals surface area (Å²) in [5.41, 5.74) is 0.650. The first-order valence-corrected chi connectivity index (χ1v) is 9.85. The number of ether oxygens (including phenoxy) is 1. The van der Waals surface area contributed by atoms with E-state index in [4.69, 9.17) is 4.74 Å². The molecule has 0 radical (unpaired) electrons. The lowest BCUT2D eigenvalue weighted by Gasteiger charge is -2.10. The zero-order valence-corrected chi connectivity index (χ0v) is 17.7. The number of benzene rings is 3. The highest BCUT2D eigenvalue weighted by Gasteiger charge is 2.23. The van der Waals surface area contributed by atoms with Crippen LogP contribution in [-0.4, -0.2) is 54.4 Å². The van der Waals surface area contributed by atoms with E-state index in [-0.39, 0.29) is 28.8 Å². The van der Waals surface area contributed by atoms with Crippen molar-refractivity contribution < 1.29 is 45.0 Å². The summed E-state index contributed by atoms with van der Waals surface area (Å²) in [4.78, 5) is 24.8. The summed E-state index contributed by atoms with van der Waals surface area (Å²) in [5.74, 6) is -4.45. The van der Waals surface area contributed by atoms with Crippen LogP contribution < -0.4 is 4.74 Å². The van der Waals surface area contributed by atoms with E-state index in [1.807, 2.05) is 0 Å². The normalized spacial score (nSPS) is 11.0. The van der Waals surface area contributed by atoms with Gasteiger partial charge in [0.2, 0.25) is 11.5 Å². The molecule has 0 saturated heterocycles. The van der Waals surface area contributed by atoms with Gasteiger partial charge < -0.3 is 39.9 Å². The molecule has 10 heteroatoms. The number of hydrogen-bond donors (Lipinski definition) is 6. The molecule has 0 amide bonds. The predicted octanol–water partition coefficient (Wildman–Crippen LogP) is 3.25. The fourth-order valence-electron chi connectivity index (χ4n) is 3.80. The summed E-state index contributed by atoms with van der Waals surface area (Å²) in [6.07, 6.45) is 2.03.